The van der Waals surface area contributed by atoms with Crippen molar-refractivity contribution in [2.24, 2.45) is 0 Å². The minimum Gasteiger partial charge on any atom is -0.497 e. The molecule has 0 aromatic heterocycles. The zero-order chi connectivity index (χ0) is 23.2. The first-order valence-electron chi connectivity index (χ1n) is 11.3. The van der Waals surface area contributed by atoms with E-state index in [2.05, 4.69) is 40.1 Å². The molecule has 0 radical (unpaired) electrons. The number of likely N-dealkylation sites (N-methyl/N-ethyl adjacent to an activating group) is 1. The van der Waals surface area contributed by atoms with Gasteiger partial charge in [-0.05, 0) is 52.2 Å². The number of amides is 1. The quantitative estimate of drug-likeness (QED) is 0.561. The third kappa shape index (κ3) is 5.89. The van der Waals surface area contributed by atoms with Gasteiger partial charge in [0.05, 0.1) is 25.3 Å². The van der Waals surface area contributed by atoms with E-state index in [4.69, 9.17) is 10.00 Å². The monoisotopic (exact) mass is 442 g/mol. The number of methoxy groups -OCH3 is 1. The summed E-state index contributed by atoms with van der Waals surface area (Å²) in [6.45, 7) is 5.56. The van der Waals surface area contributed by atoms with E-state index in [0.717, 1.165) is 54.8 Å². The molecule has 0 bridgehead atoms. The van der Waals surface area contributed by atoms with Gasteiger partial charge in [0.15, 0.2) is 0 Å². The summed E-state index contributed by atoms with van der Waals surface area (Å²) in [5.41, 5.74) is 3.03. The number of benzene rings is 3. The Morgan fingerprint density at radius 1 is 0.939 bits per heavy atom. The van der Waals surface area contributed by atoms with Gasteiger partial charge in [0.2, 0.25) is 5.91 Å². The Morgan fingerprint density at radius 2 is 1.58 bits per heavy atom. The van der Waals surface area contributed by atoms with Crippen LogP contribution in [-0.2, 0) is 17.9 Å². The van der Waals surface area contributed by atoms with Crippen molar-refractivity contribution >= 4 is 16.7 Å². The minimum atomic E-state index is 0.144. The average molecular weight is 443 g/mol. The molecule has 33 heavy (non-hydrogen) atoms. The van der Waals surface area contributed by atoms with Crippen LogP contribution in [0.5, 0.6) is 5.75 Å². The van der Waals surface area contributed by atoms with Gasteiger partial charge in [-0.3, -0.25) is 14.6 Å². The minimum absolute atomic E-state index is 0.144. The molecule has 0 N–H and O–H groups in total. The highest BCUT2D eigenvalue weighted by Gasteiger charge is 2.20. The van der Waals surface area contributed by atoms with Crippen LogP contribution in [0.25, 0.3) is 10.8 Å². The second kappa shape index (κ2) is 10.5. The van der Waals surface area contributed by atoms with Crippen LogP contribution >= 0.6 is 0 Å². The van der Waals surface area contributed by atoms with E-state index in [0.29, 0.717) is 18.7 Å². The molecule has 1 heterocycles. The average Bonchev–Trinajstić information content (AvgIpc) is 2.85. The molecule has 0 unspecified atom stereocenters. The first-order chi connectivity index (χ1) is 16.0. The molecule has 170 valence electrons. The molecule has 1 saturated heterocycles. The number of piperazine rings is 1. The summed E-state index contributed by atoms with van der Waals surface area (Å²) in [5, 5.41) is 11.2. The van der Waals surface area contributed by atoms with E-state index in [1.165, 1.54) is 5.56 Å². The third-order valence-corrected chi connectivity index (χ3v) is 6.27. The molecular formula is C27H30N4O2. The topological polar surface area (TPSA) is 59.8 Å². The number of ether oxygens (including phenoxy) is 1. The third-order valence-electron chi connectivity index (χ3n) is 6.27. The SMILES string of the molecule is COc1ccc2cc(CN(C)C(=O)CN3CCN(Cc4ccc(C#N)cc4)CC3)ccc2c1. The smallest absolute Gasteiger partial charge is 0.236 e. The van der Waals surface area contributed by atoms with Crippen molar-refractivity contribution in [3.8, 4) is 11.8 Å². The lowest BCUT2D eigenvalue weighted by atomic mass is 10.1. The van der Waals surface area contributed by atoms with E-state index in [1.807, 2.05) is 48.3 Å². The van der Waals surface area contributed by atoms with Gasteiger partial charge in [0.25, 0.3) is 0 Å². The predicted octanol–water partition coefficient (Wildman–Crippen LogP) is 3.50. The summed E-state index contributed by atoms with van der Waals surface area (Å²) >= 11 is 0. The fourth-order valence-corrected chi connectivity index (χ4v) is 4.22. The first-order valence-corrected chi connectivity index (χ1v) is 11.3. The Hall–Kier alpha value is -3.40. The van der Waals surface area contributed by atoms with Crippen molar-refractivity contribution in [1.29, 1.82) is 5.26 Å². The molecule has 1 aliphatic rings. The number of hydrogen-bond donors (Lipinski definition) is 0. The van der Waals surface area contributed by atoms with Crippen LogP contribution in [0.15, 0.2) is 60.7 Å². The number of hydrogen-bond acceptors (Lipinski definition) is 5. The highest BCUT2D eigenvalue weighted by molar-refractivity contribution is 5.84. The highest BCUT2D eigenvalue weighted by Crippen LogP contribution is 2.22. The number of carbonyl (C=O) groups excluding carboxylic acids is 1. The second-order valence-electron chi connectivity index (χ2n) is 8.66. The number of nitriles is 1. The molecule has 1 fully saturated rings. The molecule has 4 rings (SSSR count). The maximum atomic E-state index is 12.8. The van der Waals surface area contributed by atoms with Gasteiger partial charge in [-0.1, -0.05) is 30.3 Å². The number of rotatable bonds is 7. The van der Waals surface area contributed by atoms with Crippen LogP contribution in [0.2, 0.25) is 0 Å². The van der Waals surface area contributed by atoms with Gasteiger partial charge in [-0.25, -0.2) is 0 Å². The normalized spacial score (nSPS) is 14.7. The van der Waals surface area contributed by atoms with Gasteiger partial charge < -0.3 is 9.64 Å². The Kier molecular flexibility index (Phi) is 7.23. The summed E-state index contributed by atoms with van der Waals surface area (Å²) in [5.74, 6) is 0.991. The van der Waals surface area contributed by atoms with Gasteiger partial charge >= 0.3 is 0 Å². The zero-order valence-corrected chi connectivity index (χ0v) is 19.3. The van der Waals surface area contributed by atoms with Crippen LogP contribution < -0.4 is 4.74 Å². The van der Waals surface area contributed by atoms with E-state index in [1.54, 1.807) is 7.11 Å². The Morgan fingerprint density at radius 3 is 2.27 bits per heavy atom. The van der Waals surface area contributed by atoms with Crippen molar-refractivity contribution in [3.63, 3.8) is 0 Å². The molecule has 1 amide bonds. The van der Waals surface area contributed by atoms with Crippen molar-refractivity contribution in [2.75, 3.05) is 46.9 Å². The summed E-state index contributed by atoms with van der Waals surface area (Å²) < 4.78 is 5.29. The summed E-state index contributed by atoms with van der Waals surface area (Å²) in [4.78, 5) is 19.3. The Balaban J connectivity index is 1.25. The van der Waals surface area contributed by atoms with Gasteiger partial charge in [0, 0.05) is 46.3 Å². The van der Waals surface area contributed by atoms with Crippen molar-refractivity contribution in [2.45, 2.75) is 13.1 Å². The Labute approximate surface area is 195 Å². The summed E-state index contributed by atoms with van der Waals surface area (Å²) in [7, 11) is 3.55. The molecule has 0 saturated carbocycles. The van der Waals surface area contributed by atoms with Crippen LogP contribution in [0.3, 0.4) is 0 Å². The second-order valence-corrected chi connectivity index (χ2v) is 8.66. The molecule has 0 aliphatic carbocycles. The summed E-state index contributed by atoms with van der Waals surface area (Å²) in [6.07, 6.45) is 0. The highest BCUT2D eigenvalue weighted by atomic mass is 16.5. The molecule has 0 atom stereocenters. The van der Waals surface area contributed by atoms with E-state index < -0.39 is 0 Å². The maximum absolute atomic E-state index is 12.8. The number of carbonyl (C=O) groups is 1. The maximum Gasteiger partial charge on any atom is 0.236 e. The van der Waals surface area contributed by atoms with Gasteiger partial charge in [-0.2, -0.15) is 5.26 Å². The lowest BCUT2D eigenvalue weighted by Gasteiger charge is -2.35. The zero-order valence-electron chi connectivity index (χ0n) is 19.3. The van der Waals surface area contributed by atoms with E-state index in [9.17, 15) is 4.79 Å². The predicted molar refractivity (Wildman–Crippen MR) is 130 cm³/mol. The number of fused-ring (bicyclic) bond motifs is 1. The van der Waals surface area contributed by atoms with Crippen LogP contribution in [0, 0.1) is 11.3 Å². The standard InChI is InChI=1S/C27H30N4O2/c1-29(18-23-7-8-25-16-26(33-2)10-9-24(25)15-23)27(32)20-31-13-11-30(12-14-31)19-22-5-3-21(17-28)4-6-22/h3-10,15-16H,11-14,18-20H2,1-2H3. The molecular weight excluding hydrogens is 412 g/mol. The summed E-state index contributed by atoms with van der Waals surface area (Å²) in [6, 6.07) is 22.3. The molecule has 0 spiro atoms. The molecule has 6 heteroatoms. The van der Waals surface area contributed by atoms with Gasteiger partial charge in [0.1, 0.15) is 5.75 Å². The lowest BCUT2D eigenvalue weighted by Crippen LogP contribution is -2.49. The lowest BCUT2D eigenvalue weighted by molar-refractivity contribution is -0.132. The fourth-order valence-electron chi connectivity index (χ4n) is 4.22. The van der Waals surface area contributed by atoms with E-state index in [-0.39, 0.29) is 5.91 Å². The first kappa shape index (κ1) is 22.8. The van der Waals surface area contributed by atoms with E-state index >= 15 is 0 Å². The van der Waals surface area contributed by atoms with Gasteiger partial charge in [-0.15, -0.1) is 0 Å². The number of nitrogens with zero attached hydrogens (tertiary/aromatic N) is 4. The van der Waals surface area contributed by atoms with Crippen molar-refractivity contribution in [3.05, 3.63) is 77.4 Å². The Bertz CT molecular complexity index is 1140. The largest absolute Gasteiger partial charge is 0.497 e. The van der Waals surface area contributed by atoms with Crippen molar-refractivity contribution < 1.29 is 9.53 Å². The molecule has 3 aromatic rings. The molecule has 1 aliphatic heterocycles. The van der Waals surface area contributed by atoms with Crippen LogP contribution in [-0.4, -0.2) is 67.5 Å². The fraction of sp³-hybridized carbons (Fsp3) is 0.333. The molecule has 3 aromatic carbocycles. The van der Waals surface area contributed by atoms with Crippen molar-refractivity contribution in [1.82, 2.24) is 14.7 Å². The molecule has 6 nitrogen and oxygen atoms in total. The van der Waals surface area contributed by atoms with Crippen LogP contribution in [0.4, 0.5) is 0 Å². The van der Waals surface area contributed by atoms with Crippen LogP contribution in [0.1, 0.15) is 16.7 Å².